The Labute approximate surface area is 662 Å². The lowest BCUT2D eigenvalue weighted by atomic mass is 9.79. The molecule has 20 heteroatoms. The number of nitrogens with zero attached hydrogens (tertiary/aromatic N) is 4. The molecule has 7 heterocycles. The molecule has 0 unspecified atom stereocenters. The van der Waals surface area contributed by atoms with Crippen LogP contribution in [-0.4, -0.2) is 74.0 Å². The van der Waals surface area contributed by atoms with Gasteiger partial charge in [0.25, 0.3) is 11.8 Å². The molecule has 2 saturated carbocycles. The number of hydrogen-bond donors (Lipinski definition) is 4. The quantitative estimate of drug-likeness (QED) is 0.0648. The van der Waals surface area contributed by atoms with Crippen LogP contribution in [0.2, 0.25) is 0 Å². The highest BCUT2D eigenvalue weighted by atomic mass is 79.9. The molecule has 0 bridgehead atoms. The van der Waals surface area contributed by atoms with Gasteiger partial charge in [0.05, 0.1) is 42.8 Å². The van der Waals surface area contributed by atoms with Crippen molar-refractivity contribution in [1.29, 1.82) is 0 Å². The van der Waals surface area contributed by atoms with E-state index < -0.39 is 0 Å². The van der Waals surface area contributed by atoms with Gasteiger partial charge in [-0.05, 0) is 295 Å². The molecule has 109 heavy (non-hydrogen) atoms. The van der Waals surface area contributed by atoms with Crippen LogP contribution in [0.3, 0.4) is 0 Å². The number of thiophene rings is 2. The minimum atomic E-state index is -0.388. The predicted octanol–water partition coefficient (Wildman–Crippen LogP) is 13.2. The van der Waals surface area contributed by atoms with E-state index in [4.69, 9.17) is 28.6 Å². The van der Waals surface area contributed by atoms with E-state index in [1.54, 1.807) is 13.1 Å². The van der Waals surface area contributed by atoms with Crippen LogP contribution in [-0.2, 0) is 18.9 Å². The summed E-state index contributed by atoms with van der Waals surface area (Å²) in [6.45, 7) is 12.8. The van der Waals surface area contributed by atoms with E-state index >= 15 is 0 Å². The van der Waals surface area contributed by atoms with Crippen molar-refractivity contribution in [1.82, 2.24) is 30.6 Å². The standard InChI is InChI=1S/C23H22N4O2S2.C19H4.C18H.C15H19BN2O3S.C14H15BrN2OS/c1-13(28)25-23-27-19-8-7-14(10-20(19)31-23)15-9-17-18(12-30-22(17)24-11-15)21(29)26-16-5-3-2-4-6-16;1-3-5-7-9-11-13-15-17-19-18-16-14-12-10-8-6-4-2;1-3-5-7-9-11-13-15-17-18-16-14-12-10-8-6-4-2;1-9(19)17-13-18-11-7-6-10(8-12(11)22-13)16-20-14(2,3)15(4,5)21-16;15-9-6-11-12(8-19-14(11)16-7-9)13(18)17-10-4-2-1-3-5-10/h7-12,16H,2-6H2,1H3,(H,26,29)(H,25,27,28);1H,2H3;1H;6-8H,1-5H3,(H,17,18,19);6-8,10H,1-5H2,(H,17,18)/q;;-1;;. The van der Waals surface area contributed by atoms with Crippen LogP contribution in [0.1, 0.15) is 133 Å². The number of nitrogens with one attached hydrogen (secondary N) is 4. The summed E-state index contributed by atoms with van der Waals surface area (Å²) < 4.78 is 15.0. The molecule has 1 saturated heterocycles. The number of benzene rings is 2. The monoisotopic (exact) mass is 1560 g/mol. The van der Waals surface area contributed by atoms with Crippen molar-refractivity contribution in [3.8, 4) is 219 Å². The highest BCUT2D eigenvalue weighted by Crippen LogP contribution is 2.38. The van der Waals surface area contributed by atoms with Gasteiger partial charge in [-0.1, -0.05) is 79.3 Å². The third-order valence-corrected chi connectivity index (χ3v) is 19.5. The first-order chi connectivity index (χ1) is 52.8. The first-order valence-corrected chi connectivity index (χ1v) is 37.5. The van der Waals surface area contributed by atoms with Gasteiger partial charge >= 0.3 is 7.12 Å². The van der Waals surface area contributed by atoms with E-state index in [0.29, 0.717) is 21.9 Å². The Hall–Kier alpha value is -13.1. The predicted molar refractivity (Wildman–Crippen MR) is 445 cm³/mol. The Morgan fingerprint density at radius 2 is 0.890 bits per heavy atom. The van der Waals surface area contributed by atoms with Crippen molar-refractivity contribution in [3.05, 3.63) is 93.7 Å². The maximum Gasteiger partial charge on any atom is 0.494 e. The van der Waals surface area contributed by atoms with Gasteiger partial charge < -0.3 is 37.0 Å². The average Bonchev–Trinajstić information content (AvgIpc) is 1.63. The second-order valence-corrected chi connectivity index (χ2v) is 28.4. The fourth-order valence-corrected chi connectivity index (χ4v) is 13.9. The van der Waals surface area contributed by atoms with Gasteiger partial charge in [0.1, 0.15) is 9.66 Å². The number of pyridine rings is 2. The van der Waals surface area contributed by atoms with Gasteiger partial charge in [0.2, 0.25) is 11.8 Å². The number of amides is 4. The maximum atomic E-state index is 12.9. The number of fused-ring (bicyclic) bond motifs is 4. The van der Waals surface area contributed by atoms with Gasteiger partial charge in [-0.2, -0.15) is 0 Å². The molecule has 6 aromatic heterocycles. The number of carbonyl (C=O) groups is 4. The smallest absolute Gasteiger partial charge is 0.399 e. The Balaban J connectivity index is 0.000000193. The van der Waals surface area contributed by atoms with Gasteiger partial charge in [-0.25, -0.2) is 25.9 Å². The van der Waals surface area contributed by atoms with Crippen molar-refractivity contribution in [2.24, 2.45) is 0 Å². The van der Waals surface area contributed by atoms with Crippen LogP contribution >= 0.6 is 61.3 Å². The van der Waals surface area contributed by atoms with Crippen molar-refractivity contribution in [2.45, 2.75) is 136 Å². The van der Waals surface area contributed by atoms with Crippen molar-refractivity contribution < 1.29 is 28.5 Å². The van der Waals surface area contributed by atoms with Crippen LogP contribution in [0.5, 0.6) is 0 Å². The molecule has 11 rings (SSSR count). The number of carbonyl (C=O) groups excluding carboxylic acids is 4. The molecule has 4 amide bonds. The molecule has 0 radical (unpaired) electrons. The zero-order valence-corrected chi connectivity index (χ0v) is 65.0. The molecule has 0 spiro atoms. The molecule has 3 aliphatic rings. The molecule has 8 aromatic rings. The number of rotatable bonds is 8. The Morgan fingerprint density at radius 3 is 1.30 bits per heavy atom. The van der Waals surface area contributed by atoms with Gasteiger partial charge in [-0.3, -0.25) is 25.1 Å². The second kappa shape index (κ2) is 44.6. The van der Waals surface area contributed by atoms with Gasteiger partial charge in [0, 0.05) is 69.9 Å². The fourth-order valence-electron chi connectivity index (χ4n) is 9.87. The van der Waals surface area contributed by atoms with E-state index in [9.17, 15) is 19.2 Å². The second-order valence-electron chi connectivity index (χ2n) is 23.7. The molecular formula is C89H61BBrN8O6S4-. The minimum absolute atomic E-state index is 0.00467. The van der Waals surface area contributed by atoms with E-state index in [-0.39, 0.29) is 48.0 Å². The third-order valence-electron chi connectivity index (χ3n) is 15.4. The first-order valence-electron chi connectivity index (χ1n) is 33.3. The summed E-state index contributed by atoms with van der Waals surface area (Å²) in [5.74, 6) is 79.3. The lowest BCUT2D eigenvalue weighted by Crippen LogP contribution is -2.41. The van der Waals surface area contributed by atoms with Crippen LogP contribution < -0.4 is 26.7 Å². The number of anilines is 2. The number of thiazole rings is 2. The Morgan fingerprint density at radius 1 is 0.505 bits per heavy atom. The molecule has 2 aromatic carbocycles. The molecular weight excluding hydrogens is 1500 g/mol. The maximum absolute atomic E-state index is 12.9. The molecule has 14 nitrogen and oxygen atoms in total. The summed E-state index contributed by atoms with van der Waals surface area (Å²) >= 11 is 9.32. The van der Waals surface area contributed by atoms with E-state index in [2.05, 4.69) is 253 Å². The minimum Gasteiger partial charge on any atom is -0.399 e. The van der Waals surface area contributed by atoms with Crippen LogP contribution in [0.25, 0.3) is 52.0 Å². The lowest BCUT2D eigenvalue weighted by Gasteiger charge is -2.32. The van der Waals surface area contributed by atoms with Crippen molar-refractivity contribution in [3.63, 3.8) is 0 Å². The van der Waals surface area contributed by atoms with Crippen LogP contribution in [0.15, 0.2) is 76.2 Å². The number of terminal acetylenes is 2. The molecule has 0 atom stereocenters. The first kappa shape index (κ1) is 83.1. The molecule has 2 aliphatic carbocycles. The molecule has 3 fully saturated rings. The van der Waals surface area contributed by atoms with Crippen molar-refractivity contribution >= 4 is 149 Å². The SMILES string of the molecule is C#CC#CC#CC#CC#CC#CC#CC#CC#CC.CC(=O)Nc1nc2ccc(-c3cnc4scc(C(=O)NC5CCCCC5)c4c3)cc2s1.CC(=O)Nc1nc2ccc(B3OC(C)(C)C(C)(C)O3)cc2s1.O=C(NC1CCCCC1)c1csc2ncc(Br)cc12.[C-]#CC#CC#CC#CC#CC#CC#CC#CC#C. The van der Waals surface area contributed by atoms with E-state index in [1.807, 2.05) is 93.0 Å². The summed E-state index contributed by atoms with van der Waals surface area (Å²) in [5, 5.41) is 18.7. The van der Waals surface area contributed by atoms with E-state index in [0.717, 1.165) is 93.2 Å². The lowest BCUT2D eigenvalue weighted by molar-refractivity contribution is -0.115. The van der Waals surface area contributed by atoms with E-state index in [1.165, 1.54) is 97.7 Å². The molecule has 1 aliphatic heterocycles. The number of hydrogen-bond acceptors (Lipinski definition) is 14. The Kier molecular flexibility index (Phi) is 34.0. The summed E-state index contributed by atoms with van der Waals surface area (Å²) in [6, 6.07) is 16.5. The average molecular weight is 1560 g/mol. The largest absolute Gasteiger partial charge is 0.494 e. The highest BCUT2D eigenvalue weighted by molar-refractivity contribution is 9.10. The van der Waals surface area contributed by atoms with Gasteiger partial charge in [0.15, 0.2) is 10.3 Å². The fraction of sp³-hybridized carbons (Fsp3) is 0.236. The summed E-state index contributed by atoms with van der Waals surface area (Å²) in [4.78, 5) is 67.2. The highest BCUT2D eigenvalue weighted by Gasteiger charge is 2.51. The topological polar surface area (TPSA) is 186 Å². The van der Waals surface area contributed by atoms with Gasteiger partial charge in [-0.15, -0.1) is 41.4 Å². The molecule has 4 N–H and O–H groups in total. The summed E-state index contributed by atoms with van der Waals surface area (Å²) in [6.07, 6.45) is 31.6. The zero-order valence-electron chi connectivity index (χ0n) is 60.1. The van der Waals surface area contributed by atoms with Crippen molar-refractivity contribution in [2.75, 3.05) is 10.6 Å². The number of aromatic nitrogens is 4. The normalized spacial score (nSPS) is 12.3. The van der Waals surface area contributed by atoms with Crippen LogP contribution in [0.4, 0.5) is 10.3 Å². The molecule has 528 valence electrons. The number of halogens is 1. The summed E-state index contributed by atoms with van der Waals surface area (Å²) in [5.41, 5.74) is 5.35. The summed E-state index contributed by atoms with van der Waals surface area (Å²) in [7, 11) is -0.388. The Bertz CT molecular complexity index is 5930. The zero-order chi connectivity index (χ0) is 78.1. The third kappa shape index (κ3) is 28.0. The van der Waals surface area contributed by atoms with Crippen LogP contribution in [0, 0.1) is 215 Å².